The Morgan fingerprint density at radius 2 is 1.45 bits per heavy atom. The predicted octanol–water partition coefficient (Wildman–Crippen LogP) is 8.65. The van der Waals surface area contributed by atoms with E-state index in [9.17, 15) is 0 Å². The average Bonchev–Trinajstić information content (AvgIpc) is 3.36. The minimum Gasteiger partial charge on any atom is -0.236 e. The largest absolute Gasteiger partial charge is 0.236 e. The Hall–Kier alpha value is -2.72. The second-order valence-corrected chi connectivity index (χ2v) is 9.49. The van der Waals surface area contributed by atoms with Gasteiger partial charge in [-0.1, -0.05) is 60.1 Å². The van der Waals surface area contributed by atoms with Crippen molar-refractivity contribution in [3.05, 3.63) is 90.0 Å². The maximum atomic E-state index is 6.41. The highest BCUT2D eigenvalue weighted by molar-refractivity contribution is 7.26. The van der Waals surface area contributed by atoms with Gasteiger partial charge in [-0.15, -0.1) is 22.7 Å². The normalized spacial score (nSPS) is 11.6. The second-order valence-electron chi connectivity index (χ2n) is 7.00. The lowest BCUT2D eigenvalue weighted by molar-refractivity contribution is 1.48. The van der Waals surface area contributed by atoms with E-state index in [-0.39, 0.29) is 0 Å². The van der Waals surface area contributed by atoms with E-state index < -0.39 is 0 Å². The van der Waals surface area contributed by atoms with Crippen molar-refractivity contribution in [1.29, 1.82) is 0 Å². The van der Waals surface area contributed by atoms with Crippen molar-refractivity contribution < 1.29 is 0 Å². The van der Waals surface area contributed by atoms with Crippen LogP contribution >= 0.6 is 34.3 Å². The lowest BCUT2D eigenvalue weighted by Crippen LogP contribution is -1.81. The van der Waals surface area contributed by atoms with Crippen molar-refractivity contribution in [2.24, 2.45) is 0 Å². The summed E-state index contributed by atoms with van der Waals surface area (Å²) >= 11 is 9.90. The monoisotopic (exact) mass is 427 g/mol. The number of hydrogen-bond acceptors (Lipinski definition) is 3. The molecule has 0 aliphatic rings. The molecule has 2 heterocycles. The number of nitrogens with zero attached hydrogens (tertiary/aromatic N) is 1. The molecule has 138 valence electrons. The van der Waals surface area contributed by atoms with Gasteiger partial charge in [0.05, 0.1) is 19.9 Å². The van der Waals surface area contributed by atoms with Crippen molar-refractivity contribution in [1.82, 2.24) is 4.98 Å². The molecule has 0 N–H and O–H groups in total. The third-order valence-corrected chi connectivity index (χ3v) is 7.92. The van der Waals surface area contributed by atoms with Crippen LogP contribution < -0.4 is 0 Å². The molecule has 0 aliphatic carbocycles. The number of thiophene rings is 1. The van der Waals surface area contributed by atoms with E-state index in [0.717, 1.165) is 25.8 Å². The summed E-state index contributed by atoms with van der Waals surface area (Å²) in [6, 6.07) is 29.8. The van der Waals surface area contributed by atoms with Crippen molar-refractivity contribution in [2.75, 3.05) is 0 Å². The van der Waals surface area contributed by atoms with Crippen LogP contribution in [0.5, 0.6) is 0 Å². The van der Waals surface area contributed by atoms with Gasteiger partial charge >= 0.3 is 0 Å². The third kappa shape index (κ3) is 2.85. The van der Waals surface area contributed by atoms with E-state index in [1.807, 2.05) is 18.2 Å². The van der Waals surface area contributed by atoms with Crippen molar-refractivity contribution in [3.63, 3.8) is 0 Å². The minimum absolute atomic E-state index is 0.822. The number of para-hydroxylation sites is 1. The summed E-state index contributed by atoms with van der Waals surface area (Å²) < 4.78 is 3.64. The van der Waals surface area contributed by atoms with Gasteiger partial charge in [0.2, 0.25) is 0 Å². The van der Waals surface area contributed by atoms with Gasteiger partial charge in [-0.2, -0.15) is 0 Å². The molecule has 29 heavy (non-hydrogen) atoms. The lowest BCUT2D eigenvalue weighted by Gasteiger charge is -2.05. The molecule has 6 rings (SSSR count). The van der Waals surface area contributed by atoms with Crippen molar-refractivity contribution in [2.45, 2.75) is 0 Å². The number of benzene rings is 4. The first-order valence-electron chi connectivity index (χ1n) is 9.33. The molecule has 4 heteroatoms. The Balaban J connectivity index is 1.49. The van der Waals surface area contributed by atoms with E-state index in [1.165, 1.54) is 31.3 Å². The third-order valence-electron chi connectivity index (χ3n) is 5.19. The van der Waals surface area contributed by atoms with Gasteiger partial charge in [-0.3, -0.25) is 0 Å². The number of halogens is 1. The molecule has 0 aliphatic heterocycles. The lowest BCUT2D eigenvalue weighted by atomic mass is 10.0. The fraction of sp³-hybridized carbons (Fsp3) is 0. The zero-order valence-corrected chi connectivity index (χ0v) is 17.6. The molecule has 2 aromatic heterocycles. The SMILES string of the molecule is Clc1cccc2c1sc1ccc(-c3cccc(-c4nc5ccccc5s4)c3)cc12. The zero-order chi connectivity index (χ0) is 19.4. The maximum Gasteiger partial charge on any atom is 0.124 e. The van der Waals surface area contributed by atoms with E-state index >= 15 is 0 Å². The molecule has 6 aromatic rings. The molecular weight excluding hydrogens is 414 g/mol. The molecule has 0 bridgehead atoms. The molecule has 0 amide bonds. The maximum absolute atomic E-state index is 6.41. The summed E-state index contributed by atoms with van der Waals surface area (Å²) in [6.07, 6.45) is 0. The summed E-state index contributed by atoms with van der Waals surface area (Å²) in [7, 11) is 0. The first-order chi connectivity index (χ1) is 14.3. The first-order valence-corrected chi connectivity index (χ1v) is 11.3. The second kappa shape index (κ2) is 6.67. The topological polar surface area (TPSA) is 12.9 Å². The number of rotatable bonds is 2. The minimum atomic E-state index is 0.822. The summed E-state index contributed by atoms with van der Waals surface area (Å²) in [4.78, 5) is 4.82. The van der Waals surface area contributed by atoms with E-state index in [0.29, 0.717) is 0 Å². The Kier molecular flexibility index (Phi) is 3.95. The molecule has 0 saturated heterocycles. The predicted molar refractivity (Wildman–Crippen MR) is 128 cm³/mol. The van der Waals surface area contributed by atoms with Crippen molar-refractivity contribution in [3.8, 4) is 21.7 Å². The molecule has 0 radical (unpaired) electrons. The van der Waals surface area contributed by atoms with Crippen LogP contribution in [-0.4, -0.2) is 4.98 Å². The Labute approximate surface area is 180 Å². The van der Waals surface area contributed by atoms with Gasteiger partial charge in [0, 0.05) is 21.0 Å². The molecule has 0 spiro atoms. The Bertz CT molecular complexity index is 1490. The highest BCUT2D eigenvalue weighted by Crippen LogP contribution is 2.40. The Morgan fingerprint density at radius 3 is 2.38 bits per heavy atom. The number of thiazole rings is 1. The van der Waals surface area contributed by atoms with Gasteiger partial charge in [-0.25, -0.2) is 4.98 Å². The number of hydrogen-bond donors (Lipinski definition) is 0. The van der Waals surface area contributed by atoms with Gasteiger partial charge in [-0.05, 0) is 47.5 Å². The first kappa shape index (κ1) is 17.2. The van der Waals surface area contributed by atoms with Gasteiger partial charge in [0.25, 0.3) is 0 Å². The molecule has 4 aromatic carbocycles. The van der Waals surface area contributed by atoms with Crippen molar-refractivity contribution >= 4 is 64.7 Å². The molecule has 0 atom stereocenters. The van der Waals surface area contributed by atoms with Gasteiger partial charge in [0.15, 0.2) is 0 Å². The number of aromatic nitrogens is 1. The smallest absolute Gasteiger partial charge is 0.124 e. The molecular formula is C25H14ClNS2. The molecule has 0 saturated carbocycles. The van der Waals surface area contributed by atoms with Gasteiger partial charge in [0.1, 0.15) is 5.01 Å². The van der Waals surface area contributed by atoms with Crippen LogP contribution in [0.4, 0.5) is 0 Å². The van der Waals surface area contributed by atoms with Crippen LogP contribution in [0, 0.1) is 0 Å². The van der Waals surface area contributed by atoms with Crippen LogP contribution in [0.15, 0.2) is 84.9 Å². The van der Waals surface area contributed by atoms with Crippen LogP contribution in [0.2, 0.25) is 5.02 Å². The Morgan fingerprint density at radius 1 is 0.621 bits per heavy atom. The quantitative estimate of drug-likeness (QED) is 0.269. The fourth-order valence-corrected chi connectivity index (χ4v) is 6.11. The molecule has 0 unspecified atom stereocenters. The van der Waals surface area contributed by atoms with E-state index in [1.54, 1.807) is 22.7 Å². The van der Waals surface area contributed by atoms with Crippen LogP contribution in [0.3, 0.4) is 0 Å². The summed E-state index contributed by atoms with van der Waals surface area (Å²) in [5, 5.41) is 4.36. The fourth-order valence-electron chi connectivity index (χ4n) is 3.77. The summed E-state index contributed by atoms with van der Waals surface area (Å²) in [5.74, 6) is 0. The summed E-state index contributed by atoms with van der Waals surface area (Å²) in [6.45, 7) is 0. The van der Waals surface area contributed by atoms with Gasteiger partial charge < -0.3 is 0 Å². The zero-order valence-electron chi connectivity index (χ0n) is 15.2. The highest BCUT2D eigenvalue weighted by atomic mass is 35.5. The highest BCUT2D eigenvalue weighted by Gasteiger charge is 2.11. The molecule has 1 nitrogen and oxygen atoms in total. The average molecular weight is 428 g/mol. The number of fused-ring (bicyclic) bond motifs is 4. The van der Waals surface area contributed by atoms with Crippen LogP contribution in [0.1, 0.15) is 0 Å². The van der Waals surface area contributed by atoms with Crippen LogP contribution in [-0.2, 0) is 0 Å². The standard InChI is InChI=1S/C25H14ClNS2/c26-20-8-4-7-18-19-14-16(11-12-22(19)28-24(18)20)15-5-3-6-17(13-15)25-27-21-9-1-2-10-23(21)29-25/h1-14H. The van der Waals surface area contributed by atoms with Crippen LogP contribution in [0.25, 0.3) is 52.1 Å². The summed E-state index contributed by atoms with van der Waals surface area (Å²) in [5.41, 5.74) is 4.62. The van der Waals surface area contributed by atoms with E-state index in [4.69, 9.17) is 16.6 Å². The van der Waals surface area contributed by atoms with E-state index in [2.05, 4.69) is 66.7 Å². The molecule has 0 fully saturated rings.